The van der Waals surface area contributed by atoms with Gasteiger partial charge in [0.15, 0.2) is 0 Å². The molecule has 0 saturated heterocycles. The molecule has 0 aliphatic carbocycles. The molecule has 20 heavy (non-hydrogen) atoms. The smallest absolute Gasteiger partial charge is 0.262 e. The number of hydrogen-bond acceptors (Lipinski definition) is 4. The highest BCUT2D eigenvalue weighted by Gasteiger charge is 2.17. The number of phenols is 1. The average Bonchev–Trinajstić information content (AvgIpc) is 2.41. The summed E-state index contributed by atoms with van der Waals surface area (Å²) in [6, 6.07) is 10.2. The van der Waals surface area contributed by atoms with E-state index < -0.39 is 15.8 Å². The van der Waals surface area contributed by atoms with Gasteiger partial charge in [0.05, 0.1) is 16.1 Å². The van der Waals surface area contributed by atoms with Gasteiger partial charge in [0.2, 0.25) is 0 Å². The highest BCUT2D eigenvalue weighted by atomic mass is 32.2. The first kappa shape index (κ1) is 13.8. The summed E-state index contributed by atoms with van der Waals surface area (Å²) in [7, 11) is -4.01. The van der Waals surface area contributed by atoms with E-state index in [1.807, 2.05) is 0 Å². The summed E-state index contributed by atoms with van der Waals surface area (Å²) in [6.45, 7) is 0. The maximum atomic E-state index is 13.2. The van der Waals surface area contributed by atoms with Gasteiger partial charge in [0.25, 0.3) is 10.0 Å². The molecule has 5 nitrogen and oxygen atoms in total. The molecule has 0 heterocycles. The number of para-hydroxylation sites is 2. The van der Waals surface area contributed by atoms with Crippen molar-refractivity contribution in [3.8, 4) is 11.8 Å². The molecule has 102 valence electrons. The van der Waals surface area contributed by atoms with E-state index in [0.717, 1.165) is 18.2 Å². The number of phenolic OH excluding ortho intramolecular Hbond substituents is 1. The SMILES string of the molecule is N#Cc1cc(S(=O)(=O)Nc2ccccc2O)ccc1F. The van der Waals surface area contributed by atoms with Gasteiger partial charge in [-0.25, -0.2) is 12.8 Å². The summed E-state index contributed by atoms with van der Waals surface area (Å²) < 4.78 is 39.5. The van der Waals surface area contributed by atoms with E-state index in [4.69, 9.17) is 5.26 Å². The Morgan fingerprint density at radius 3 is 2.55 bits per heavy atom. The van der Waals surface area contributed by atoms with E-state index in [0.29, 0.717) is 0 Å². The third kappa shape index (κ3) is 2.70. The number of sulfonamides is 1. The van der Waals surface area contributed by atoms with Crippen LogP contribution in [0.15, 0.2) is 47.4 Å². The number of anilines is 1. The molecular weight excluding hydrogens is 283 g/mol. The molecule has 2 aromatic carbocycles. The van der Waals surface area contributed by atoms with Gasteiger partial charge in [-0.1, -0.05) is 12.1 Å². The number of hydrogen-bond donors (Lipinski definition) is 2. The summed E-state index contributed by atoms with van der Waals surface area (Å²) in [4.78, 5) is -0.265. The number of halogens is 1. The fourth-order valence-electron chi connectivity index (χ4n) is 1.52. The molecule has 0 aliphatic rings. The van der Waals surface area contributed by atoms with Crippen molar-refractivity contribution in [2.45, 2.75) is 4.90 Å². The quantitative estimate of drug-likeness (QED) is 0.849. The number of aromatic hydroxyl groups is 1. The van der Waals surface area contributed by atoms with Crippen LogP contribution in [0.4, 0.5) is 10.1 Å². The first-order valence-electron chi connectivity index (χ1n) is 5.44. The van der Waals surface area contributed by atoms with Gasteiger partial charge < -0.3 is 5.11 Å². The minimum absolute atomic E-state index is 0.00432. The summed E-state index contributed by atoms with van der Waals surface area (Å²) in [5, 5.41) is 18.2. The zero-order valence-corrected chi connectivity index (χ0v) is 10.9. The van der Waals surface area contributed by atoms with Crippen molar-refractivity contribution in [3.63, 3.8) is 0 Å². The van der Waals surface area contributed by atoms with E-state index >= 15 is 0 Å². The van der Waals surface area contributed by atoms with Crippen LogP contribution in [-0.4, -0.2) is 13.5 Å². The molecule has 0 aliphatic heterocycles. The molecule has 2 aromatic rings. The number of benzene rings is 2. The Bertz CT molecular complexity index is 798. The normalized spacial score (nSPS) is 10.8. The third-order valence-electron chi connectivity index (χ3n) is 2.52. The van der Waals surface area contributed by atoms with Crippen LogP contribution in [0.5, 0.6) is 5.75 Å². The molecule has 0 saturated carbocycles. The Morgan fingerprint density at radius 2 is 1.90 bits per heavy atom. The fourth-order valence-corrected chi connectivity index (χ4v) is 2.62. The Kier molecular flexibility index (Phi) is 3.59. The molecule has 0 fully saturated rings. The second kappa shape index (κ2) is 5.19. The largest absolute Gasteiger partial charge is 0.506 e. The highest BCUT2D eigenvalue weighted by Crippen LogP contribution is 2.25. The monoisotopic (exact) mass is 292 g/mol. The average molecular weight is 292 g/mol. The van der Waals surface area contributed by atoms with Crippen molar-refractivity contribution in [3.05, 3.63) is 53.8 Å². The van der Waals surface area contributed by atoms with E-state index in [1.165, 1.54) is 12.1 Å². The lowest BCUT2D eigenvalue weighted by molar-refractivity contribution is 0.477. The van der Waals surface area contributed by atoms with Gasteiger partial charge in [-0.05, 0) is 30.3 Å². The maximum Gasteiger partial charge on any atom is 0.262 e. The Morgan fingerprint density at radius 1 is 1.20 bits per heavy atom. The van der Waals surface area contributed by atoms with Crippen LogP contribution in [0, 0.1) is 17.1 Å². The minimum atomic E-state index is -4.01. The zero-order chi connectivity index (χ0) is 14.8. The van der Waals surface area contributed by atoms with Crippen molar-refractivity contribution < 1.29 is 17.9 Å². The van der Waals surface area contributed by atoms with E-state index in [2.05, 4.69) is 4.72 Å². The molecule has 0 aromatic heterocycles. The van der Waals surface area contributed by atoms with Crippen molar-refractivity contribution in [2.24, 2.45) is 0 Å². The lowest BCUT2D eigenvalue weighted by Gasteiger charge is -2.09. The van der Waals surface area contributed by atoms with Crippen LogP contribution in [0.25, 0.3) is 0 Å². The molecule has 2 rings (SSSR count). The Hall–Kier alpha value is -2.59. The topological polar surface area (TPSA) is 90.2 Å². The van der Waals surface area contributed by atoms with Crippen LogP contribution < -0.4 is 4.72 Å². The van der Waals surface area contributed by atoms with Gasteiger partial charge >= 0.3 is 0 Å². The van der Waals surface area contributed by atoms with Crippen molar-refractivity contribution in [1.29, 1.82) is 5.26 Å². The molecule has 0 radical (unpaired) electrons. The van der Waals surface area contributed by atoms with E-state index in [9.17, 15) is 17.9 Å². The second-order valence-electron chi connectivity index (χ2n) is 3.88. The zero-order valence-electron chi connectivity index (χ0n) is 10.0. The molecular formula is C13H9FN2O3S. The summed E-state index contributed by atoms with van der Waals surface area (Å²) in [6.07, 6.45) is 0. The van der Waals surface area contributed by atoms with Gasteiger partial charge in [0, 0.05) is 0 Å². The molecule has 0 amide bonds. The van der Waals surface area contributed by atoms with E-state index in [-0.39, 0.29) is 21.9 Å². The van der Waals surface area contributed by atoms with Gasteiger partial charge in [-0.3, -0.25) is 4.72 Å². The summed E-state index contributed by atoms with van der Waals surface area (Å²) >= 11 is 0. The maximum absolute atomic E-state index is 13.2. The first-order valence-corrected chi connectivity index (χ1v) is 6.93. The van der Waals surface area contributed by atoms with Crippen molar-refractivity contribution in [2.75, 3.05) is 4.72 Å². The Balaban J connectivity index is 2.42. The van der Waals surface area contributed by atoms with Crippen LogP contribution in [-0.2, 0) is 10.0 Å². The van der Waals surface area contributed by atoms with E-state index in [1.54, 1.807) is 18.2 Å². The van der Waals surface area contributed by atoms with Gasteiger partial charge in [-0.2, -0.15) is 5.26 Å². The minimum Gasteiger partial charge on any atom is -0.506 e. The van der Waals surface area contributed by atoms with Crippen LogP contribution in [0.2, 0.25) is 0 Å². The first-order chi connectivity index (χ1) is 9.44. The molecule has 0 spiro atoms. The van der Waals surface area contributed by atoms with Gasteiger partial charge in [0.1, 0.15) is 17.6 Å². The predicted molar refractivity (Wildman–Crippen MR) is 70.0 cm³/mol. The lowest BCUT2D eigenvalue weighted by Crippen LogP contribution is -2.13. The number of nitriles is 1. The van der Waals surface area contributed by atoms with Gasteiger partial charge in [-0.15, -0.1) is 0 Å². The Labute approximate surface area is 115 Å². The predicted octanol–water partition coefficient (Wildman–Crippen LogP) is 2.20. The van der Waals surface area contributed by atoms with Crippen LogP contribution in [0.1, 0.15) is 5.56 Å². The molecule has 7 heteroatoms. The molecule has 0 bridgehead atoms. The van der Waals surface area contributed by atoms with Crippen molar-refractivity contribution in [1.82, 2.24) is 0 Å². The van der Waals surface area contributed by atoms with Crippen LogP contribution >= 0.6 is 0 Å². The molecule has 0 unspecified atom stereocenters. The third-order valence-corrected chi connectivity index (χ3v) is 3.88. The summed E-state index contributed by atoms with van der Waals surface area (Å²) in [5.74, 6) is -1.03. The molecule has 0 atom stereocenters. The second-order valence-corrected chi connectivity index (χ2v) is 5.56. The van der Waals surface area contributed by atoms with Crippen molar-refractivity contribution >= 4 is 15.7 Å². The molecule has 2 N–H and O–H groups in total. The number of nitrogens with one attached hydrogen (secondary N) is 1. The highest BCUT2D eigenvalue weighted by molar-refractivity contribution is 7.92. The number of nitrogens with zero attached hydrogens (tertiary/aromatic N) is 1. The van der Waals surface area contributed by atoms with Crippen LogP contribution in [0.3, 0.4) is 0 Å². The fraction of sp³-hybridized carbons (Fsp3) is 0. The summed E-state index contributed by atoms with van der Waals surface area (Å²) in [5.41, 5.74) is -0.375. The number of rotatable bonds is 3. The standard InChI is InChI=1S/C13H9FN2O3S/c14-11-6-5-10(7-9(11)8-15)20(18,19)16-12-3-1-2-4-13(12)17/h1-7,16-17H. The lowest BCUT2D eigenvalue weighted by atomic mass is 10.2.